The van der Waals surface area contributed by atoms with Gasteiger partial charge in [0.15, 0.2) is 5.82 Å². The van der Waals surface area contributed by atoms with Gasteiger partial charge in [-0.05, 0) is 83.5 Å². The molecule has 3 N–H and O–H groups in total. The van der Waals surface area contributed by atoms with Crippen LogP contribution in [0.25, 0.3) is 22.6 Å². The van der Waals surface area contributed by atoms with Gasteiger partial charge in [0.2, 0.25) is 0 Å². The summed E-state index contributed by atoms with van der Waals surface area (Å²) in [6, 6.07) is 7.78. The Labute approximate surface area is 274 Å². The van der Waals surface area contributed by atoms with Crippen LogP contribution in [0.15, 0.2) is 55.2 Å². The fourth-order valence-electron chi connectivity index (χ4n) is 6.13. The summed E-state index contributed by atoms with van der Waals surface area (Å²) < 4.78 is 32.4. The van der Waals surface area contributed by atoms with Gasteiger partial charge < -0.3 is 25.4 Å². The zero-order chi connectivity index (χ0) is 32.6. The summed E-state index contributed by atoms with van der Waals surface area (Å²) in [6.07, 6.45) is 14.7. The summed E-state index contributed by atoms with van der Waals surface area (Å²) in [4.78, 5) is 20.7. The quantitative estimate of drug-likeness (QED) is 0.220. The molecular formula is C33H41N9O4S. The first-order chi connectivity index (χ1) is 22.6. The van der Waals surface area contributed by atoms with Crippen molar-refractivity contribution in [1.29, 1.82) is 0 Å². The molecule has 7 rings (SSSR count). The monoisotopic (exact) mass is 659 g/mol. The van der Waals surface area contributed by atoms with Crippen molar-refractivity contribution in [2.75, 3.05) is 30.8 Å². The first kappa shape index (κ1) is 31.5. The highest BCUT2D eigenvalue weighted by atomic mass is 32.2. The molecule has 0 unspecified atom stereocenters. The summed E-state index contributed by atoms with van der Waals surface area (Å²) in [7, 11) is -1.35. The van der Waals surface area contributed by atoms with Crippen molar-refractivity contribution in [3.8, 4) is 28.4 Å². The summed E-state index contributed by atoms with van der Waals surface area (Å²) in [5.74, 6) is 2.18. The predicted octanol–water partition coefficient (Wildman–Crippen LogP) is 4.46. The molecule has 3 aliphatic rings. The molecule has 5 heterocycles. The third-order valence-electron chi connectivity index (χ3n) is 9.24. The molecule has 3 fully saturated rings. The van der Waals surface area contributed by atoms with Crippen molar-refractivity contribution in [3.63, 3.8) is 0 Å². The van der Waals surface area contributed by atoms with E-state index in [4.69, 9.17) is 14.7 Å². The van der Waals surface area contributed by atoms with Crippen molar-refractivity contribution in [2.45, 2.75) is 81.3 Å². The van der Waals surface area contributed by atoms with Crippen LogP contribution in [0.5, 0.6) is 5.75 Å². The number of piperidine rings is 1. The number of hydrogen-bond acceptors (Lipinski definition) is 12. The average Bonchev–Trinajstić information content (AvgIpc) is 3.81. The molecular weight excluding hydrogens is 618 g/mol. The summed E-state index contributed by atoms with van der Waals surface area (Å²) in [5, 5.41) is 21.2. The van der Waals surface area contributed by atoms with Crippen molar-refractivity contribution < 1.29 is 18.3 Å². The second-order valence-corrected chi connectivity index (χ2v) is 15.3. The summed E-state index contributed by atoms with van der Waals surface area (Å²) in [6.45, 7) is 3.95. The predicted molar refractivity (Wildman–Crippen MR) is 179 cm³/mol. The summed E-state index contributed by atoms with van der Waals surface area (Å²) in [5.41, 5.74) is 2.36. The van der Waals surface area contributed by atoms with E-state index in [1.165, 1.54) is 12.4 Å². The number of aliphatic hydroxyl groups is 1. The fraction of sp³-hybridized carbons (Fsp3) is 0.485. The minimum absolute atomic E-state index is 0.186. The maximum atomic E-state index is 12.6. The standard InChI is InChI=1S/C33H41N9O4S/c1-33(43)12-7-23(8-13-33)38-29-17-31(36-20-27(29)28-6-3-25(19-35-28)46-24-10-15-41(2)16-11-24)39-30-9-14-34-32(40-30)22-18-37-42(21-22)47(44,45)26-4-5-26/h3,6,9,14,17-21,23-24,26,43H,4-5,7-8,10-13,15-16H2,1-2H3,(H2,34,36,38,39,40). The van der Waals surface area contributed by atoms with Crippen LogP contribution in [0.3, 0.4) is 0 Å². The topological polar surface area (TPSA) is 160 Å². The molecule has 13 nitrogen and oxygen atoms in total. The van der Waals surface area contributed by atoms with Crippen molar-refractivity contribution >= 4 is 27.3 Å². The molecule has 0 aromatic carbocycles. The van der Waals surface area contributed by atoms with Gasteiger partial charge in [-0.1, -0.05) is 0 Å². The van der Waals surface area contributed by atoms with Gasteiger partial charge in [-0.3, -0.25) is 4.98 Å². The van der Waals surface area contributed by atoms with Gasteiger partial charge in [0.05, 0.1) is 40.7 Å². The highest BCUT2D eigenvalue weighted by Gasteiger charge is 2.37. The molecule has 0 bridgehead atoms. The fourth-order valence-corrected chi connectivity index (χ4v) is 7.61. The van der Waals surface area contributed by atoms with Crippen molar-refractivity contribution in [2.24, 2.45) is 0 Å². The number of rotatable bonds is 10. The zero-order valence-electron chi connectivity index (χ0n) is 26.7. The molecule has 0 atom stereocenters. The molecule has 4 aromatic heterocycles. The first-order valence-electron chi connectivity index (χ1n) is 16.3. The van der Waals surface area contributed by atoms with Crippen molar-refractivity contribution in [1.82, 2.24) is 34.0 Å². The van der Waals surface area contributed by atoms with Crippen molar-refractivity contribution in [3.05, 3.63) is 55.2 Å². The van der Waals surface area contributed by atoms with E-state index in [1.807, 2.05) is 25.1 Å². The number of nitrogens with zero attached hydrogens (tertiary/aromatic N) is 7. The highest BCUT2D eigenvalue weighted by Crippen LogP contribution is 2.35. The van der Waals surface area contributed by atoms with E-state index >= 15 is 0 Å². The van der Waals surface area contributed by atoms with E-state index in [0.29, 0.717) is 35.9 Å². The molecule has 0 spiro atoms. The Morgan fingerprint density at radius 2 is 1.74 bits per heavy atom. The van der Waals surface area contributed by atoms with E-state index in [-0.39, 0.29) is 17.4 Å². The minimum Gasteiger partial charge on any atom is -0.489 e. The lowest BCUT2D eigenvalue weighted by Crippen LogP contribution is -2.35. The third-order valence-corrected chi connectivity index (χ3v) is 11.3. The number of aromatic nitrogens is 6. The number of likely N-dealkylation sites (tertiary alicyclic amines) is 1. The van der Waals surface area contributed by atoms with Crippen LogP contribution in [-0.2, 0) is 10.0 Å². The Morgan fingerprint density at radius 3 is 2.47 bits per heavy atom. The van der Waals surface area contributed by atoms with Crippen LogP contribution in [0, 0.1) is 0 Å². The van der Waals surface area contributed by atoms with Gasteiger partial charge in [-0.25, -0.2) is 23.4 Å². The lowest BCUT2D eigenvalue weighted by atomic mass is 9.83. The largest absolute Gasteiger partial charge is 0.489 e. The lowest BCUT2D eigenvalue weighted by molar-refractivity contribution is 0.0196. The SMILES string of the molecule is CN1CCC(Oc2ccc(-c3cnc(Nc4ccnc(-c5cnn(S(=O)(=O)C6CC6)c5)n4)cc3NC3CCC(C)(O)CC3)nc2)CC1. The second kappa shape index (κ2) is 12.8. The van der Waals surface area contributed by atoms with Crippen LogP contribution >= 0.6 is 0 Å². The number of ether oxygens (including phenoxy) is 1. The Balaban J connectivity index is 1.11. The van der Waals surface area contributed by atoms with Crippen LogP contribution < -0.4 is 15.4 Å². The molecule has 1 aliphatic heterocycles. The van der Waals surface area contributed by atoms with Gasteiger partial charge in [-0.15, -0.1) is 0 Å². The van der Waals surface area contributed by atoms with Crippen LogP contribution in [0.1, 0.15) is 58.3 Å². The van der Waals surface area contributed by atoms with Gasteiger partial charge in [0, 0.05) is 48.8 Å². The van der Waals surface area contributed by atoms with Gasteiger partial charge in [0.25, 0.3) is 10.0 Å². The van der Waals surface area contributed by atoms with E-state index in [2.05, 4.69) is 37.6 Å². The maximum Gasteiger partial charge on any atom is 0.256 e. The van der Waals surface area contributed by atoms with Gasteiger partial charge >= 0.3 is 0 Å². The molecule has 0 amide bonds. The Hall–Kier alpha value is -4.14. The van der Waals surface area contributed by atoms with Gasteiger partial charge in [-0.2, -0.15) is 9.19 Å². The van der Waals surface area contributed by atoms with E-state index < -0.39 is 15.6 Å². The van der Waals surface area contributed by atoms with E-state index in [1.54, 1.807) is 24.7 Å². The third kappa shape index (κ3) is 7.39. The maximum absolute atomic E-state index is 12.6. The Morgan fingerprint density at radius 1 is 0.957 bits per heavy atom. The van der Waals surface area contributed by atoms with E-state index in [9.17, 15) is 13.5 Å². The van der Waals surface area contributed by atoms with Crippen LogP contribution in [-0.4, -0.2) is 90.7 Å². The molecule has 1 saturated heterocycles. The molecule has 2 saturated carbocycles. The van der Waals surface area contributed by atoms with Crippen LogP contribution in [0.2, 0.25) is 0 Å². The minimum atomic E-state index is -3.48. The molecule has 47 heavy (non-hydrogen) atoms. The average molecular weight is 660 g/mol. The number of nitrogens with one attached hydrogen (secondary N) is 2. The molecule has 0 radical (unpaired) electrons. The van der Waals surface area contributed by atoms with E-state index in [0.717, 1.165) is 78.4 Å². The molecule has 4 aromatic rings. The first-order valence-corrected chi connectivity index (χ1v) is 17.8. The highest BCUT2D eigenvalue weighted by molar-refractivity contribution is 7.90. The number of hydrogen-bond donors (Lipinski definition) is 3. The summed E-state index contributed by atoms with van der Waals surface area (Å²) >= 11 is 0. The lowest BCUT2D eigenvalue weighted by Gasteiger charge is -2.34. The Kier molecular flexibility index (Phi) is 8.57. The number of pyridine rings is 2. The van der Waals surface area contributed by atoms with Gasteiger partial charge in [0.1, 0.15) is 23.5 Å². The second-order valence-electron chi connectivity index (χ2n) is 13.3. The zero-order valence-corrected chi connectivity index (χ0v) is 27.5. The molecule has 2 aliphatic carbocycles. The van der Waals surface area contributed by atoms with Crippen LogP contribution in [0.4, 0.5) is 17.3 Å². The number of anilines is 3. The smallest absolute Gasteiger partial charge is 0.256 e. The molecule has 248 valence electrons. The Bertz CT molecular complexity index is 1810. The normalized spacial score (nSPS) is 22.6. The molecule has 14 heteroatoms.